The molecule has 13 N–H and O–H groups in total. The van der Waals surface area contributed by atoms with Gasteiger partial charge in [-0.25, -0.2) is 13.1 Å². The summed E-state index contributed by atoms with van der Waals surface area (Å²) in [5.74, 6) is 0. The van der Waals surface area contributed by atoms with E-state index < -0.39 is 107 Å². The van der Waals surface area contributed by atoms with Crippen LogP contribution in [0.3, 0.4) is 0 Å². The second kappa shape index (κ2) is 10.4. The molecule has 2 saturated carbocycles. The third-order valence-electron chi connectivity index (χ3n) is 7.60. The average molecular weight is 559 g/mol. The van der Waals surface area contributed by atoms with Gasteiger partial charge in [0.25, 0.3) is 0 Å². The summed E-state index contributed by atoms with van der Waals surface area (Å²) in [6.07, 6.45) is -14.6. The van der Waals surface area contributed by atoms with Crippen molar-refractivity contribution < 1.29 is 58.0 Å². The number of rotatable bonds is 8. The highest BCUT2D eigenvalue weighted by Gasteiger charge is 2.78. The van der Waals surface area contributed by atoms with Gasteiger partial charge >= 0.3 is 0 Å². The summed E-state index contributed by atoms with van der Waals surface area (Å²) in [4.78, 5) is 0. The van der Waals surface area contributed by atoms with Crippen LogP contribution in [0.5, 0.6) is 0 Å². The zero-order chi connectivity index (χ0) is 27.6. The van der Waals surface area contributed by atoms with E-state index in [4.69, 9.17) is 36.1 Å². The first-order valence-corrected chi connectivity index (χ1v) is 13.9. The van der Waals surface area contributed by atoms with Crippen molar-refractivity contribution in [1.82, 2.24) is 4.72 Å². The van der Waals surface area contributed by atoms with Crippen LogP contribution in [0.25, 0.3) is 0 Å². The lowest BCUT2D eigenvalue weighted by Crippen LogP contribution is -2.68. The van der Waals surface area contributed by atoms with Crippen LogP contribution in [0.15, 0.2) is 0 Å². The van der Waals surface area contributed by atoms with Crippen molar-refractivity contribution in [2.75, 3.05) is 12.8 Å². The first-order valence-electron chi connectivity index (χ1n) is 12.0. The molecule has 0 aromatic heterocycles. The molecule has 4 aliphatic rings. The molecule has 37 heavy (non-hydrogen) atoms. The summed E-state index contributed by atoms with van der Waals surface area (Å²) >= 11 is 0. The number of aliphatic hydroxyl groups is 6. The van der Waals surface area contributed by atoms with Gasteiger partial charge < -0.3 is 66.8 Å². The minimum absolute atomic E-state index is 0.0504. The van der Waals surface area contributed by atoms with Crippen molar-refractivity contribution in [2.24, 2.45) is 17.2 Å². The van der Waals surface area contributed by atoms with Crippen LogP contribution in [-0.4, -0.2) is 149 Å². The maximum Gasteiger partial charge on any atom is 0.209 e. The Morgan fingerprint density at radius 3 is 2.24 bits per heavy atom. The van der Waals surface area contributed by atoms with Gasteiger partial charge in [-0.2, -0.15) is 0 Å². The minimum atomic E-state index is -3.77. The van der Waals surface area contributed by atoms with E-state index >= 15 is 0 Å². The van der Waals surface area contributed by atoms with Crippen LogP contribution in [-0.2, 0) is 29.0 Å². The van der Waals surface area contributed by atoms with E-state index in [0.717, 1.165) is 6.26 Å². The maximum absolute atomic E-state index is 11.9. The smallest absolute Gasteiger partial charge is 0.209 e. The first kappa shape index (κ1) is 29.4. The molecule has 4 rings (SSSR count). The van der Waals surface area contributed by atoms with E-state index in [2.05, 4.69) is 4.72 Å². The Morgan fingerprint density at radius 2 is 1.73 bits per heavy atom. The van der Waals surface area contributed by atoms with Crippen molar-refractivity contribution in [3.8, 4) is 0 Å². The first-order chi connectivity index (χ1) is 17.1. The SMILES string of the molecule is C[C@@H](O)C1O[C@H](O[C@@H]2C(N)C[C@@H](NS(C)(=O)=O)C(O)C2OC2[C@@H]3O[C@H](CN)C(O)C23O)C(N)C(O)[C@@H]1O. The number of hydrogen-bond acceptors (Lipinski definition) is 15. The molecule has 9 unspecified atom stereocenters. The van der Waals surface area contributed by atoms with Crippen molar-refractivity contribution in [1.29, 1.82) is 0 Å². The molecule has 4 fully saturated rings. The van der Waals surface area contributed by atoms with Gasteiger partial charge in [-0.1, -0.05) is 0 Å². The van der Waals surface area contributed by atoms with Crippen LogP contribution in [0.2, 0.25) is 0 Å². The highest BCUT2D eigenvalue weighted by atomic mass is 32.2. The molecule has 2 heterocycles. The van der Waals surface area contributed by atoms with Crippen LogP contribution in [0.4, 0.5) is 0 Å². The fourth-order valence-electron chi connectivity index (χ4n) is 5.49. The summed E-state index contributed by atoms with van der Waals surface area (Å²) < 4.78 is 49.1. The largest absolute Gasteiger partial charge is 0.391 e. The van der Waals surface area contributed by atoms with Gasteiger partial charge in [0.05, 0.1) is 36.7 Å². The zero-order valence-electron chi connectivity index (χ0n) is 20.3. The predicted molar refractivity (Wildman–Crippen MR) is 123 cm³/mol. The number of fused-ring (bicyclic) bond motifs is 1. The van der Waals surface area contributed by atoms with Gasteiger partial charge in [-0.15, -0.1) is 0 Å². The number of hydrogen-bond donors (Lipinski definition) is 10. The molecule has 0 amide bonds. The number of sulfonamides is 1. The van der Waals surface area contributed by atoms with Gasteiger partial charge in [0.2, 0.25) is 10.0 Å². The summed E-state index contributed by atoms with van der Waals surface area (Å²) in [6, 6.07) is -3.36. The summed E-state index contributed by atoms with van der Waals surface area (Å²) in [5, 5.41) is 62.9. The normalized spacial score (nSPS) is 53.1. The van der Waals surface area contributed by atoms with E-state index in [1.165, 1.54) is 6.92 Å². The molecule has 0 bridgehead atoms. The lowest BCUT2D eigenvalue weighted by Gasteiger charge is -2.48. The molecule has 0 aromatic rings. The summed E-state index contributed by atoms with van der Waals surface area (Å²) in [5.41, 5.74) is 16.0. The van der Waals surface area contributed by atoms with Gasteiger partial charge in [0.1, 0.15) is 48.8 Å². The molecule has 2 aliphatic carbocycles. The van der Waals surface area contributed by atoms with Crippen LogP contribution >= 0.6 is 0 Å². The van der Waals surface area contributed by atoms with Crippen molar-refractivity contribution in [2.45, 2.75) is 111 Å². The monoisotopic (exact) mass is 558 g/mol. The average Bonchev–Trinajstić information content (AvgIpc) is 3.27. The van der Waals surface area contributed by atoms with Crippen LogP contribution in [0.1, 0.15) is 13.3 Å². The molecule has 16 atom stereocenters. The van der Waals surface area contributed by atoms with Crippen LogP contribution in [0, 0.1) is 0 Å². The topological polar surface area (TPSA) is 283 Å². The molecule has 16 nitrogen and oxygen atoms in total. The van der Waals surface area contributed by atoms with E-state index in [-0.39, 0.29) is 13.0 Å². The molecular formula is C20H38N4O12S. The quantitative estimate of drug-likeness (QED) is 0.132. The van der Waals surface area contributed by atoms with Crippen molar-refractivity contribution >= 4 is 10.0 Å². The molecule has 0 radical (unpaired) electrons. The van der Waals surface area contributed by atoms with Gasteiger partial charge in [-0.05, 0) is 13.3 Å². The van der Waals surface area contributed by atoms with Crippen molar-refractivity contribution in [3.63, 3.8) is 0 Å². The van der Waals surface area contributed by atoms with Gasteiger partial charge in [-0.3, -0.25) is 0 Å². The molecular weight excluding hydrogens is 520 g/mol. The molecule has 2 saturated heterocycles. The molecule has 17 heteroatoms. The van der Waals surface area contributed by atoms with E-state index in [9.17, 15) is 39.1 Å². The summed E-state index contributed by atoms with van der Waals surface area (Å²) in [6.45, 7) is 1.29. The Hall–Kier alpha value is -0.610. The number of nitrogens with two attached hydrogens (primary N) is 3. The third-order valence-corrected chi connectivity index (χ3v) is 8.33. The highest BCUT2D eigenvalue weighted by Crippen LogP contribution is 2.53. The molecule has 216 valence electrons. The second-order valence-corrected chi connectivity index (χ2v) is 12.2. The lowest BCUT2D eigenvalue weighted by molar-refractivity contribution is -0.306. The Bertz CT molecular complexity index is 931. The highest BCUT2D eigenvalue weighted by molar-refractivity contribution is 7.88. The standard InChI is InChI=1S/C20H38N4O12S/c1-5(25)13-12(28)11(27)9(23)19(35-13)36-14-6(22)3-7(24-37(2,31)32)10(26)15(14)34-18-17-20(18,30)16(29)8(4-21)33-17/h5-19,24-30H,3-4,21-23H2,1-2H3/t5-,6?,7-,8-,9?,10?,11?,12+,13?,14-,15?,16?,17+,18?,19-,20?/m1/s1. The Kier molecular flexibility index (Phi) is 8.27. The number of ether oxygens (including phenoxy) is 4. The predicted octanol–water partition coefficient (Wildman–Crippen LogP) is -6.88. The molecule has 0 spiro atoms. The van der Waals surface area contributed by atoms with Gasteiger partial charge in [0.15, 0.2) is 11.9 Å². The minimum Gasteiger partial charge on any atom is -0.391 e. The second-order valence-electron chi connectivity index (χ2n) is 10.4. The molecule has 0 aromatic carbocycles. The molecule has 2 aliphatic heterocycles. The van der Waals surface area contributed by atoms with E-state index in [1.54, 1.807) is 0 Å². The maximum atomic E-state index is 11.9. The van der Waals surface area contributed by atoms with E-state index in [0.29, 0.717) is 0 Å². The third kappa shape index (κ3) is 5.29. The lowest BCUT2D eigenvalue weighted by atomic mass is 9.84. The van der Waals surface area contributed by atoms with Gasteiger partial charge in [0, 0.05) is 12.6 Å². The fraction of sp³-hybridized carbons (Fsp3) is 1.00. The Morgan fingerprint density at radius 1 is 1.08 bits per heavy atom. The Labute approximate surface area is 213 Å². The summed E-state index contributed by atoms with van der Waals surface area (Å²) in [7, 11) is -3.77. The van der Waals surface area contributed by atoms with E-state index in [1.807, 2.05) is 0 Å². The number of aliphatic hydroxyl groups excluding tert-OH is 5. The Balaban J connectivity index is 1.57. The number of nitrogens with one attached hydrogen (secondary N) is 1. The van der Waals surface area contributed by atoms with Crippen molar-refractivity contribution in [3.05, 3.63) is 0 Å². The fourth-order valence-corrected chi connectivity index (χ4v) is 6.28. The zero-order valence-corrected chi connectivity index (χ0v) is 21.2. The van der Waals surface area contributed by atoms with Crippen LogP contribution < -0.4 is 21.9 Å².